The van der Waals surface area contributed by atoms with Gasteiger partial charge in [0.15, 0.2) is 5.78 Å². The Kier molecular flexibility index (Phi) is 4.26. The van der Waals surface area contributed by atoms with Gasteiger partial charge in [-0.1, -0.05) is 24.3 Å². The number of nitrogens with two attached hydrogens (primary N) is 1. The molecule has 1 aromatic carbocycles. The molecular weight excluding hydrogens is 238 g/mol. The Morgan fingerprint density at radius 1 is 1.21 bits per heavy atom. The predicted molar refractivity (Wildman–Crippen MR) is 76.2 cm³/mol. The summed E-state index contributed by atoms with van der Waals surface area (Å²) in [5.41, 5.74) is 7.93. The highest BCUT2D eigenvalue weighted by molar-refractivity contribution is 6.12. The summed E-state index contributed by atoms with van der Waals surface area (Å²) in [4.78, 5) is 16.5. The Bertz CT molecular complexity index is 581. The summed E-state index contributed by atoms with van der Waals surface area (Å²) in [7, 11) is 1.89. The van der Waals surface area contributed by atoms with E-state index in [4.69, 9.17) is 5.73 Å². The van der Waals surface area contributed by atoms with Crippen molar-refractivity contribution in [2.75, 3.05) is 19.3 Å². The van der Waals surface area contributed by atoms with Gasteiger partial charge in [0.1, 0.15) is 5.82 Å². The average Bonchev–Trinajstić information content (AvgIpc) is 2.45. The number of carbonyl (C=O) groups excluding carboxylic acids is 1. The van der Waals surface area contributed by atoms with Gasteiger partial charge in [0.2, 0.25) is 0 Å². The third-order valence-corrected chi connectivity index (χ3v) is 2.99. The molecule has 0 amide bonds. The zero-order chi connectivity index (χ0) is 13.7. The topological polar surface area (TPSA) is 68.0 Å². The molecule has 98 valence electrons. The fourth-order valence-electron chi connectivity index (χ4n) is 1.97. The molecule has 0 unspecified atom stereocenters. The summed E-state index contributed by atoms with van der Waals surface area (Å²) < 4.78 is 0. The zero-order valence-electron chi connectivity index (χ0n) is 10.9. The van der Waals surface area contributed by atoms with Crippen molar-refractivity contribution in [3.05, 3.63) is 59.3 Å². The average molecular weight is 255 g/mol. The molecule has 4 heteroatoms. The maximum Gasteiger partial charge on any atom is 0.197 e. The van der Waals surface area contributed by atoms with E-state index in [1.807, 2.05) is 31.3 Å². The van der Waals surface area contributed by atoms with Gasteiger partial charge in [0.05, 0.1) is 5.56 Å². The highest BCUT2D eigenvalue weighted by Gasteiger charge is 2.15. The first kappa shape index (κ1) is 13.2. The highest BCUT2D eigenvalue weighted by Crippen LogP contribution is 2.17. The molecule has 0 aliphatic rings. The number of nitrogen functional groups attached to an aromatic ring is 1. The first-order chi connectivity index (χ1) is 9.24. The Morgan fingerprint density at radius 2 is 1.95 bits per heavy atom. The van der Waals surface area contributed by atoms with Crippen molar-refractivity contribution in [3.63, 3.8) is 0 Å². The molecule has 4 nitrogen and oxygen atoms in total. The number of nitrogens with zero attached hydrogens (tertiary/aromatic N) is 1. The fourth-order valence-corrected chi connectivity index (χ4v) is 1.97. The SMILES string of the molecule is CNCCc1ccccc1C(=O)c1cccnc1N. The van der Waals surface area contributed by atoms with Crippen LogP contribution in [0.2, 0.25) is 0 Å². The maximum atomic E-state index is 12.5. The van der Waals surface area contributed by atoms with Gasteiger partial charge in [-0.25, -0.2) is 4.98 Å². The summed E-state index contributed by atoms with van der Waals surface area (Å²) in [6.45, 7) is 0.826. The molecule has 0 bridgehead atoms. The number of hydrogen-bond donors (Lipinski definition) is 2. The lowest BCUT2D eigenvalue weighted by Gasteiger charge is -2.09. The molecule has 2 aromatic rings. The minimum Gasteiger partial charge on any atom is -0.383 e. The van der Waals surface area contributed by atoms with Gasteiger partial charge >= 0.3 is 0 Å². The molecule has 3 N–H and O–H groups in total. The van der Waals surface area contributed by atoms with Crippen LogP contribution in [-0.4, -0.2) is 24.4 Å². The summed E-state index contributed by atoms with van der Waals surface area (Å²) in [5, 5.41) is 3.09. The number of likely N-dealkylation sites (N-methyl/N-ethyl adjacent to an activating group) is 1. The van der Waals surface area contributed by atoms with Gasteiger partial charge in [-0.05, 0) is 37.7 Å². The predicted octanol–water partition coefficient (Wildman–Crippen LogP) is 1.66. The highest BCUT2D eigenvalue weighted by atomic mass is 16.1. The third kappa shape index (κ3) is 2.98. The number of hydrogen-bond acceptors (Lipinski definition) is 4. The van der Waals surface area contributed by atoms with Gasteiger partial charge in [-0.3, -0.25) is 4.79 Å². The van der Waals surface area contributed by atoms with Gasteiger partial charge in [-0.2, -0.15) is 0 Å². The van der Waals surface area contributed by atoms with Crippen molar-refractivity contribution < 1.29 is 4.79 Å². The second kappa shape index (κ2) is 6.11. The molecular formula is C15H17N3O. The minimum atomic E-state index is -0.0719. The lowest BCUT2D eigenvalue weighted by Crippen LogP contribution is -2.14. The molecule has 19 heavy (non-hydrogen) atoms. The Labute approximate surface area is 112 Å². The maximum absolute atomic E-state index is 12.5. The number of carbonyl (C=O) groups is 1. The second-order valence-corrected chi connectivity index (χ2v) is 4.28. The van der Waals surface area contributed by atoms with Crippen molar-refractivity contribution >= 4 is 11.6 Å². The van der Waals surface area contributed by atoms with Crippen LogP contribution in [0.3, 0.4) is 0 Å². The second-order valence-electron chi connectivity index (χ2n) is 4.28. The molecule has 2 rings (SSSR count). The summed E-state index contributed by atoms with van der Waals surface area (Å²) in [6.07, 6.45) is 2.39. The van der Waals surface area contributed by atoms with Crippen LogP contribution in [0.25, 0.3) is 0 Å². The van der Waals surface area contributed by atoms with Crippen LogP contribution in [-0.2, 0) is 6.42 Å². The monoisotopic (exact) mass is 255 g/mol. The smallest absolute Gasteiger partial charge is 0.197 e. The van der Waals surface area contributed by atoms with Gasteiger partial charge < -0.3 is 11.1 Å². The molecule has 0 radical (unpaired) electrons. The molecule has 0 fully saturated rings. The van der Waals surface area contributed by atoms with Crippen LogP contribution >= 0.6 is 0 Å². The fraction of sp³-hybridized carbons (Fsp3) is 0.200. The Hall–Kier alpha value is -2.20. The van der Waals surface area contributed by atoms with Gasteiger partial charge in [0, 0.05) is 11.8 Å². The number of nitrogens with one attached hydrogen (secondary N) is 1. The largest absolute Gasteiger partial charge is 0.383 e. The van der Waals surface area contributed by atoms with E-state index in [0.29, 0.717) is 11.1 Å². The summed E-state index contributed by atoms with van der Waals surface area (Å²) >= 11 is 0. The van der Waals surface area contributed by atoms with E-state index in [9.17, 15) is 4.79 Å². The van der Waals surface area contributed by atoms with E-state index in [2.05, 4.69) is 10.3 Å². The molecule has 0 aliphatic heterocycles. The molecule has 1 heterocycles. The standard InChI is InChI=1S/C15H17N3O/c1-17-10-8-11-5-2-3-6-12(11)14(19)13-7-4-9-18-15(13)16/h2-7,9,17H,8,10H2,1H3,(H2,16,18). The van der Waals surface area contributed by atoms with Crippen LogP contribution in [0.1, 0.15) is 21.5 Å². The van der Waals surface area contributed by atoms with Crippen LogP contribution in [0.5, 0.6) is 0 Å². The number of pyridine rings is 1. The van der Waals surface area contributed by atoms with E-state index in [-0.39, 0.29) is 11.6 Å². The normalized spacial score (nSPS) is 10.4. The third-order valence-electron chi connectivity index (χ3n) is 2.99. The molecule has 0 saturated heterocycles. The zero-order valence-corrected chi connectivity index (χ0v) is 10.9. The molecule has 0 saturated carbocycles. The summed E-state index contributed by atoms with van der Waals surface area (Å²) in [5.74, 6) is 0.202. The number of ketones is 1. The number of anilines is 1. The quantitative estimate of drug-likeness (QED) is 0.797. The van der Waals surface area contributed by atoms with E-state index in [1.165, 1.54) is 0 Å². The van der Waals surface area contributed by atoms with Crippen LogP contribution in [0.4, 0.5) is 5.82 Å². The number of aromatic nitrogens is 1. The molecule has 0 atom stereocenters. The summed E-state index contributed by atoms with van der Waals surface area (Å²) in [6, 6.07) is 11.0. The van der Waals surface area contributed by atoms with Crippen molar-refractivity contribution in [2.24, 2.45) is 0 Å². The Morgan fingerprint density at radius 3 is 2.68 bits per heavy atom. The molecule has 0 aliphatic carbocycles. The van der Waals surface area contributed by atoms with Crippen LogP contribution in [0, 0.1) is 0 Å². The lowest BCUT2D eigenvalue weighted by molar-refractivity contribution is 0.103. The number of benzene rings is 1. The van der Waals surface area contributed by atoms with Crippen molar-refractivity contribution in [3.8, 4) is 0 Å². The van der Waals surface area contributed by atoms with E-state index >= 15 is 0 Å². The van der Waals surface area contributed by atoms with E-state index < -0.39 is 0 Å². The van der Waals surface area contributed by atoms with Gasteiger partial charge in [-0.15, -0.1) is 0 Å². The van der Waals surface area contributed by atoms with E-state index in [1.54, 1.807) is 18.3 Å². The first-order valence-electron chi connectivity index (χ1n) is 6.21. The molecule has 1 aromatic heterocycles. The minimum absolute atomic E-state index is 0.0719. The van der Waals surface area contributed by atoms with Gasteiger partial charge in [0.25, 0.3) is 0 Å². The lowest BCUT2D eigenvalue weighted by atomic mass is 9.97. The van der Waals surface area contributed by atoms with E-state index in [0.717, 1.165) is 18.5 Å². The van der Waals surface area contributed by atoms with Crippen molar-refractivity contribution in [2.45, 2.75) is 6.42 Å². The van der Waals surface area contributed by atoms with Crippen LogP contribution in [0.15, 0.2) is 42.6 Å². The number of rotatable bonds is 5. The van der Waals surface area contributed by atoms with Crippen molar-refractivity contribution in [1.82, 2.24) is 10.3 Å². The first-order valence-corrected chi connectivity index (χ1v) is 6.21. The van der Waals surface area contributed by atoms with Crippen molar-refractivity contribution in [1.29, 1.82) is 0 Å². The molecule has 0 spiro atoms. The Balaban J connectivity index is 2.36. The van der Waals surface area contributed by atoms with Crippen LogP contribution < -0.4 is 11.1 Å².